The van der Waals surface area contributed by atoms with Crippen molar-refractivity contribution < 1.29 is 0 Å². The molecule has 2 unspecified atom stereocenters. The maximum atomic E-state index is 4.93. The Morgan fingerprint density at radius 1 is 1.24 bits per heavy atom. The molecule has 0 aliphatic heterocycles. The van der Waals surface area contributed by atoms with E-state index in [1.54, 1.807) is 0 Å². The number of nitrogens with one attached hydrogen (secondary N) is 1. The molecule has 1 N–H and O–H groups in total. The lowest BCUT2D eigenvalue weighted by Crippen LogP contribution is -2.37. The van der Waals surface area contributed by atoms with Gasteiger partial charge in [0.15, 0.2) is 0 Å². The summed E-state index contributed by atoms with van der Waals surface area (Å²) < 4.78 is 2.44. The lowest BCUT2D eigenvalue weighted by Gasteiger charge is -2.31. The van der Waals surface area contributed by atoms with E-state index in [1.807, 2.05) is 0 Å². The quantitative estimate of drug-likeness (QED) is 0.906. The van der Waals surface area contributed by atoms with Gasteiger partial charge in [0.05, 0.1) is 11.0 Å². The number of imidazole rings is 1. The van der Waals surface area contributed by atoms with Gasteiger partial charge in [0, 0.05) is 19.0 Å². The summed E-state index contributed by atoms with van der Waals surface area (Å²) in [4.78, 5) is 4.93. The number of fused-ring (bicyclic) bond motifs is 1. The van der Waals surface area contributed by atoms with E-state index >= 15 is 0 Å². The third-order valence-electron chi connectivity index (χ3n) is 4.91. The van der Waals surface area contributed by atoms with E-state index in [1.165, 1.54) is 37.0 Å². The smallest absolute Gasteiger partial charge is 0.110 e. The van der Waals surface area contributed by atoms with Gasteiger partial charge in [0.2, 0.25) is 0 Å². The van der Waals surface area contributed by atoms with Crippen LogP contribution in [0, 0.1) is 5.92 Å². The van der Waals surface area contributed by atoms with E-state index in [0.717, 1.165) is 30.8 Å². The Morgan fingerprint density at radius 2 is 2.05 bits per heavy atom. The molecule has 0 amide bonds. The van der Waals surface area contributed by atoms with Crippen LogP contribution in [-0.4, -0.2) is 22.6 Å². The molecule has 3 heteroatoms. The maximum Gasteiger partial charge on any atom is 0.110 e. The van der Waals surface area contributed by atoms with Crippen molar-refractivity contribution in [1.82, 2.24) is 14.9 Å². The number of para-hydroxylation sites is 2. The van der Waals surface area contributed by atoms with Crippen molar-refractivity contribution in [1.29, 1.82) is 0 Å². The second kappa shape index (κ2) is 6.61. The molecule has 0 radical (unpaired) electrons. The van der Waals surface area contributed by atoms with Crippen LogP contribution in [0.15, 0.2) is 24.3 Å². The second-order valence-corrected chi connectivity index (χ2v) is 6.31. The van der Waals surface area contributed by atoms with Gasteiger partial charge in [-0.1, -0.05) is 31.9 Å². The van der Waals surface area contributed by atoms with Crippen molar-refractivity contribution in [2.45, 2.75) is 58.0 Å². The number of benzene rings is 1. The molecule has 1 fully saturated rings. The van der Waals surface area contributed by atoms with Crippen molar-refractivity contribution in [2.24, 2.45) is 5.92 Å². The highest BCUT2D eigenvalue weighted by molar-refractivity contribution is 5.75. The lowest BCUT2D eigenvalue weighted by atomic mass is 9.82. The fraction of sp³-hybridized carbons (Fsp3) is 0.611. The molecular weight excluding hydrogens is 258 g/mol. The Morgan fingerprint density at radius 3 is 2.86 bits per heavy atom. The zero-order valence-electron chi connectivity index (χ0n) is 13.3. The van der Waals surface area contributed by atoms with E-state index in [9.17, 15) is 0 Å². The van der Waals surface area contributed by atoms with Crippen LogP contribution in [0.1, 0.15) is 44.9 Å². The van der Waals surface area contributed by atoms with Gasteiger partial charge in [-0.05, 0) is 44.4 Å². The van der Waals surface area contributed by atoms with Gasteiger partial charge in [-0.2, -0.15) is 0 Å². The van der Waals surface area contributed by atoms with Crippen molar-refractivity contribution in [3.63, 3.8) is 0 Å². The van der Waals surface area contributed by atoms with Gasteiger partial charge in [0.1, 0.15) is 5.82 Å². The molecule has 1 aromatic heterocycles. The third kappa shape index (κ3) is 2.98. The van der Waals surface area contributed by atoms with Crippen molar-refractivity contribution in [3.05, 3.63) is 30.1 Å². The van der Waals surface area contributed by atoms with Crippen molar-refractivity contribution >= 4 is 11.0 Å². The van der Waals surface area contributed by atoms with Crippen LogP contribution in [0.2, 0.25) is 0 Å². The topological polar surface area (TPSA) is 29.9 Å². The predicted octanol–water partition coefficient (Wildman–Crippen LogP) is 3.77. The first-order chi connectivity index (χ1) is 10.3. The highest BCUT2D eigenvalue weighted by Crippen LogP contribution is 2.28. The molecule has 3 nitrogen and oxygen atoms in total. The fourth-order valence-corrected chi connectivity index (χ4v) is 3.82. The minimum atomic E-state index is 0.661. The first kappa shape index (κ1) is 14.6. The minimum Gasteiger partial charge on any atom is -0.328 e. The van der Waals surface area contributed by atoms with E-state index in [0.29, 0.717) is 6.04 Å². The molecule has 1 heterocycles. The first-order valence-corrected chi connectivity index (χ1v) is 8.45. The molecule has 1 aliphatic rings. The van der Waals surface area contributed by atoms with Gasteiger partial charge < -0.3 is 9.88 Å². The largest absolute Gasteiger partial charge is 0.328 e. The summed E-state index contributed by atoms with van der Waals surface area (Å²) in [5.41, 5.74) is 2.45. The van der Waals surface area contributed by atoms with Gasteiger partial charge in [0.25, 0.3) is 0 Å². The summed E-state index contributed by atoms with van der Waals surface area (Å²) in [6.45, 7) is 3.32. The minimum absolute atomic E-state index is 0.661. The molecule has 0 saturated heterocycles. The Hall–Kier alpha value is -1.35. The molecular formula is C18H27N3. The zero-order chi connectivity index (χ0) is 14.7. The first-order valence-electron chi connectivity index (χ1n) is 8.45. The molecule has 2 atom stereocenters. The molecule has 0 spiro atoms. The van der Waals surface area contributed by atoms with Crippen LogP contribution in [0.3, 0.4) is 0 Å². The summed E-state index contributed by atoms with van der Waals surface area (Å²) in [5, 5.41) is 3.52. The number of rotatable bonds is 5. The normalized spacial score (nSPS) is 22.8. The average molecular weight is 285 g/mol. The summed E-state index contributed by atoms with van der Waals surface area (Å²) in [6, 6.07) is 9.22. The number of nitrogens with zero attached hydrogens (tertiary/aromatic N) is 2. The molecule has 21 heavy (non-hydrogen) atoms. The lowest BCUT2D eigenvalue weighted by molar-refractivity contribution is 0.267. The summed E-state index contributed by atoms with van der Waals surface area (Å²) in [7, 11) is 2.11. The maximum absolute atomic E-state index is 4.93. The van der Waals surface area contributed by atoms with Crippen LogP contribution < -0.4 is 5.32 Å². The fourth-order valence-electron chi connectivity index (χ4n) is 3.82. The third-order valence-corrected chi connectivity index (χ3v) is 4.91. The van der Waals surface area contributed by atoms with E-state index in [4.69, 9.17) is 4.98 Å². The highest BCUT2D eigenvalue weighted by atomic mass is 15.1. The average Bonchev–Trinajstić information content (AvgIpc) is 2.86. The molecule has 1 aromatic carbocycles. The number of hydrogen-bond acceptors (Lipinski definition) is 2. The van der Waals surface area contributed by atoms with Gasteiger partial charge >= 0.3 is 0 Å². The Balaban J connectivity index is 1.90. The number of aryl methyl sites for hydroxylation is 1. The number of hydrogen-bond donors (Lipinski definition) is 1. The van der Waals surface area contributed by atoms with Gasteiger partial charge in [-0.3, -0.25) is 0 Å². The molecule has 1 saturated carbocycles. The van der Waals surface area contributed by atoms with Gasteiger partial charge in [-0.25, -0.2) is 4.98 Å². The Labute approximate surface area is 127 Å². The van der Waals surface area contributed by atoms with Crippen LogP contribution in [0.4, 0.5) is 0 Å². The highest BCUT2D eigenvalue weighted by Gasteiger charge is 2.25. The molecule has 0 bridgehead atoms. The van der Waals surface area contributed by atoms with Crippen LogP contribution in [0.25, 0.3) is 11.0 Å². The van der Waals surface area contributed by atoms with E-state index in [-0.39, 0.29) is 0 Å². The summed E-state index contributed by atoms with van der Waals surface area (Å²) in [6.07, 6.45) is 7.66. The predicted molar refractivity (Wildman–Crippen MR) is 88.5 cm³/mol. The molecule has 1 aliphatic carbocycles. The van der Waals surface area contributed by atoms with Crippen LogP contribution in [0.5, 0.6) is 0 Å². The number of aromatic nitrogens is 2. The summed E-state index contributed by atoms with van der Waals surface area (Å²) in [5.74, 6) is 2.02. The summed E-state index contributed by atoms with van der Waals surface area (Å²) >= 11 is 0. The van der Waals surface area contributed by atoms with Crippen molar-refractivity contribution in [2.75, 3.05) is 7.05 Å². The Bertz CT molecular complexity index is 587. The van der Waals surface area contributed by atoms with Gasteiger partial charge in [-0.15, -0.1) is 0 Å². The van der Waals surface area contributed by atoms with Crippen molar-refractivity contribution in [3.8, 4) is 0 Å². The molecule has 3 rings (SSSR count). The van der Waals surface area contributed by atoms with E-state index in [2.05, 4.69) is 48.1 Å². The molecule has 114 valence electrons. The van der Waals surface area contributed by atoms with Crippen LogP contribution >= 0.6 is 0 Å². The second-order valence-electron chi connectivity index (χ2n) is 6.31. The monoisotopic (exact) mass is 285 g/mol. The zero-order valence-corrected chi connectivity index (χ0v) is 13.3. The Kier molecular flexibility index (Phi) is 4.59. The molecule has 2 aromatic rings. The standard InChI is InChI=1S/C18H27N3/c1-3-12-21-17-11-7-6-10-16(17)20-18(21)13-14-8-4-5-9-15(14)19-2/h6-7,10-11,14-15,19H,3-5,8-9,12-13H2,1-2H3. The van der Waals surface area contributed by atoms with E-state index < -0.39 is 0 Å². The van der Waals surface area contributed by atoms with Crippen LogP contribution in [-0.2, 0) is 13.0 Å². The SMILES string of the molecule is CCCn1c(CC2CCCCC2NC)nc2ccccc21.